The van der Waals surface area contributed by atoms with Crippen LogP contribution in [0.3, 0.4) is 0 Å². The van der Waals surface area contributed by atoms with Gasteiger partial charge in [-0.25, -0.2) is 0 Å². The van der Waals surface area contributed by atoms with Crippen molar-refractivity contribution >= 4 is 17.3 Å². The third-order valence-corrected chi connectivity index (χ3v) is 4.34. The standard InChI is InChI=1S/C15H23ClN2O/c1-3-18-8-4-5-12(10-18)11(2)17-13-6-7-15(19)14(16)9-13/h6-7,9,11-12,17,19H,3-5,8,10H2,1-2H3. The molecule has 1 saturated heterocycles. The number of benzene rings is 1. The van der Waals surface area contributed by atoms with E-state index in [1.165, 1.54) is 19.4 Å². The van der Waals surface area contributed by atoms with E-state index in [0.717, 1.165) is 18.8 Å². The Morgan fingerprint density at radius 2 is 2.32 bits per heavy atom. The van der Waals surface area contributed by atoms with Gasteiger partial charge < -0.3 is 15.3 Å². The summed E-state index contributed by atoms with van der Waals surface area (Å²) >= 11 is 5.93. The zero-order valence-electron chi connectivity index (χ0n) is 11.7. The molecule has 1 aromatic carbocycles. The highest BCUT2D eigenvalue weighted by Gasteiger charge is 2.23. The molecule has 0 radical (unpaired) electrons. The molecule has 2 rings (SSSR count). The Labute approximate surface area is 120 Å². The number of nitrogens with one attached hydrogen (secondary N) is 1. The van der Waals surface area contributed by atoms with Crippen LogP contribution in [-0.2, 0) is 0 Å². The van der Waals surface area contributed by atoms with E-state index in [-0.39, 0.29) is 5.75 Å². The van der Waals surface area contributed by atoms with Crippen LogP contribution in [0, 0.1) is 5.92 Å². The Bertz CT molecular complexity index is 425. The smallest absolute Gasteiger partial charge is 0.134 e. The number of anilines is 1. The normalized spacial score (nSPS) is 22.2. The van der Waals surface area contributed by atoms with Gasteiger partial charge in [0.1, 0.15) is 5.75 Å². The van der Waals surface area contributed by atoms with Gasteiger partial charge in [0, 0.05) is 18.3 Å². The molecule has 1 fully saturated rings. The average molecular weight is 283 g/mol. The van der Waals surface area contributed by atoms with E-state index >= 15 is 0 Å². The first-order chi connectivity index (χ1) is 9.10. The topological polar surface area (TPSA) is 35.5 Å². The van der Waals surface area contributed by atoms with Crippen molar-refractivity contribution in [1.29, 1.82) is 0 Å². The van der Waals surface area contributed by atoms with Crippen LogP contribution < -0.4 is 5.32 Å². The summed E-state index contributed by atoms with van der Waals surface area (Å²) in [6.07, 6.45) is 2.55. The number of rotatable bonds is 4. The van der Waals surface area contributed by atoms with Gasteiger partial charge in [-0.1, -0.05) is 18.5 Å². The molecule has 0 saturated carbocycles. The predicted molar refractivity (Wildman–Crippen MR) is 81.0 cm³/mol. The maximum absolute atomic E-state index is 9.43. The average Bonchev–Trinajstić information content (AvgIpc) is 2.43. The third kappa shape index (κ3) is 3.77. The first kappa shape index (κ1) is 14.5. The van der Waals surface area contributed by atoms with Gasteiger partial charge in [0.05, 0.1) is 5.02 Å². The molecule has 0 amide bonds. The van der Waals surface area contributed by atoms with E-state index < -0.39 is 0 Å². The van der Waals surface area contributed by atoms with E-state index in [1.807, 2.05) is 6.07 Å². The highest BCUT2D eigenvalue weighted by Crippen LogP contribution is 2.28. The Morgan fingerprint density at radius 3 is 3.00 bits per heavy atom. The van der Waals surface area contributed by atoms with Gasteiger partial charge >= 0.3 is 0 Å². The zero-order chi connectivity index (χ0) is 13.8. The van der Waals surface area contributed by atoms with Crippen LogP contribution in [0.15, 0.2) is 18.2 Å². The largest absolute Gasteiger partial charge is 0.506 e. The monoisotopic (exact) mass is 282 g/mol. The third-order valence-electron chi connectivity index (χ3n) is 4.04. The molecule has 0 aromatic heterocycles. The fraction of sp³-hybridized carbons (Fsp3) is 0.600. The highest BCUT2D eigenvalue weighted by molar-refractivity contribution is 6.32. The molecule has 4 heteroatoms. The van der Waals surface area contributed by atoms with Crippen molar-refractivity contribution in [3.8, 4) is 5.75 Å². The van der Waals surface area contributed by atoms with Gasteiger partial charge in [0.15, 0.2) is 0 Å². The van der Waals surface area contributed by atoms with Crippen LogP contribution in [-0.4, -0.2) is 35.7 Å². The lowest BCUT2D eigenvalue weighted by Gasteiger charge is -2.35. The van der Waals surface area contributed by atoms with Gasteiger partial charge in [-0.05, 0) is 57.0 Å². The lowest BCUT2D eigenvalue weighted by Crippen LogP contribution is -2.41. The molecule has 1 aromatic rings. The quantitative estimate of drug-likeness (QED) is 0.829. The summed E-state index contributed by atoms with van der Waals surface area (Å²) in [4.78, 5) is 2.51. The lowest BCUT2D eigenvalue weighted by molar-refractivity contribution is 0.172. The molecular formula is C15H23ClN2O. The minimum absolute atomic E-state index is 0.134. The van der Waals surface area contributed by atoms with E-state index in [9.17, 15) is 5.11 Å². The number of nitrogens with zero attached hydrogens (tertiary/aromatic N) is 1. The number of hydrogen-bond donors (Lipinski definition) is 2. The van der Waals surface area contributed by atoms with E-state index in [2.05, 4.69) is 24.1 Å². The Balaban J connectivity index is 1.96. The molecule has 19 heavy (non-hydrogen) atoms. The van der Waals surface area contributed by atoms with Gasteiger partial charge in [0.25, 0.3) is 0 Å². The fourth-order valence-electron chi connectivity index (χ4n) is 2.76. The van der Waals surface area contributed by atoms with E-state index in [1.54, 1.807) is 12.1 Å². The minimum Gasteiger partial charge on any atom is -0.506 e. The first-order valence-corrected chi connectivity index (χ1v) is 7.45. The number of phenolic OH excluding ortho intramolecular Hbond substituents is 1. The van der Waals surface area contributed by atoms with Crippen molar-refractivity contribution in [3.63, 3.8) is 0 Å². The molecule has 2 N–H and O–H groups in total. The second kappa shape index (κ2) is 6.49. The van der Waals surface area contributed by atoms with Crippen molar-refractivity contribution in [2.24, 2.45) is 5.92 Å². The Hall–Kier alpha value is -0.930. The number of hydrogen-bond acceptors (Lipinski definition) is 3. The summed E-state index contributed by atoms with van der Waals surface area (Å²) in [5, 5.41) is 13.3. The van der Waals surface area contributed by atoms with Crippen molar-refractivity contribution in [2.45, 2.75) is 32.7 Å². The second-order valence-electron chi connectivity index (χ2n) is 5.39. The second-order valence-corrected chi connectivity index (χ2v) is 5.80. The van der Waals surface area contributed by atoms with Gasteiger partial charge in [-0.15, -0.1) is 0 Å². The SMILES string of the molecule is CCN1CCCC(C(C)Nc2ccc(O)c(Cl)c2)C1. The zero-order valence-corrected chi connectivity index (χ0v) is 12.5. The molecule has 1 aliphatic heterocycles. The summed E-state index contributed by atoms with van der Waals surface area (Å²) in [6, 6.07) is 5.71. The predicted octanol–water partition coefficient (Wildman–Crippen LogP) is 3.58. The number of piperidine rings is 1. The molecule has 1 aliphatic rings. The summed E-state index contributed by atoms with van der Waals surface area (Å²) in [5.41, 5.74) is 0.976. The van der Waals surface area contributed by atoms with Crippen LogP contribution in [0.4, 0.5) is 5.69 Å². The van der Waals surface area contributed by atoms with Crippen molar-refractivity contribution in [1.82, 2.24) is 4.90 Å². The molecular weight excluding hydrogens is 260 g/mol. The number of halogens is 1. The van der Waals surface area contributed by atoms with Gasteiger partial charge in [-0.3, -0.25) is 0 Å². The van der Waals surface area contributed by atoms with Crippen LogP contribution in [0.1, 0.15) is 26.7 Å². The van der Waals surface area contributed by atoms with E-state index in [4.69, 9.17) is 11.6 Å². The minimum atomic E-state index is 0.134. The molecule has 0 bridgehead atoms. The maximum Gasteiger partial charge on any atom is 0.134 e. The summed E-state index contributed by atoms with van der Waals surface area (Å²) < 4.78 is 0. The van der Waals surface area contributed by atoms with Crippen LogP contribution in [0.25, 0.3) is 0 Å². The molecule has 2 atom stereocenters. The number of aromatic hydroxyl groups is 1. The molecule has 3 nitrogen and oxygen atoms in total. The van der Waals surface area contributed by atoms with Crippen molar-refractivity contribution < 1.29 is 5.11 Å². The van der Waals surface area contributed by atoms with Crippen LogP contribution >= 0.6 is 11.6 Å². The van der Waals surface area contributed by atoms with Crippen molar-refractivity contribution in [3.05, 3.63) is 23.2 Å². The molecule has 106 valence electrons. The number of likely N-dealkylation sites (tertiary alicyclic amines) is 1. The summed E-state index contributed by atoms with van der Waals surface area (Å²) in [7, 11) is 0. The van der Waals surface area contributed by atoms with Gasteiger partial charge in [0.2, 0.25) is 0 Å². The van der Waals surface area contributed by atoms with Gasteiger partial charge in [-0.2, -0.15) is 0 Å². The fourth-order valence-corrected chi connectivity index (χ4v) is 2.94. The first-order valence-electron chi connectivity index (χ1n) is 7.07. The maximum atomic E-state index is 9.43. The highest BCUT2D eigenvalue weighted by atomic mass is 35.5. The lowest BCUT2D eigenvalue weighted by atomic mass is 9.91. The van der Waals surface area contributed by atoms with E-state index in [0.29, 0.717) is 17.0 Å². The molecule has 2 unspecified atom stereocenters. The molecule has 0 aliphatic carbocycles. The van der Waals surface area contributed by atoms with Crippen LogP contribution in [0.5, 0.6) is 5.75 Å². The van der Waals surface area contributed by atoms with Crippen molar-refractivity contribution in [2.75, 3.05) is 25.0 Å². The Morgan fingerprint density at radius 1 is 1.53 bits per heavy atom. The summed E-state index contributed by atoms with van der Waals surface area (Å²) in [5.74, 6) is 0.802. The Kier molecular flexibility index (Phi) is 4.94. The molecule has 0 spiro atoms. The van der Waals surface area contributed by atoms with Crippen LogP contribution in [0.2, 0.25) is 5.02 Å². The number of phenols is 1. The molecule has 1 heterocycles. The summed E-state index contributed by atoms with van der Waals surface area (Å²) in [6.45, 7) is 7.97.